The van der Waals surface area contributed by atoms with Gasteiger partial charge in [-0.25, -0.2) is 4.39 Å². The number of rotatable bonds is 3. The van der Waals surface area contributed by atoms with E-state index < -0.39 is 24.5 Å². The molecule has 9 heteroatoms. The summed E-state index contributed by atoms with van der Waals surface area (Å²) in [6, 6.07) is 3.50. The number of nitrogens with one attached hydrogen (secondary N) is 1. The van der Waals surface area contributed by atoms with Gasteiger partial charge < -0.3 is 5.32 Å². The summed E-state index contributed by atoms with van der Waals surface area (Å²) in [6.45, 7) is 2.19. The molecule has 0 saturated carbocycles. The number of hydrogen-bond acceptors (Lipinski definition) is 2. The lowest BCUT2D eigenvalue weighted by Gasteiger charge is -2.35. The Labute approximate surface area is 147 Å². The molecule has 2 rings (SSSR count). The number of halogens is 7. The van der Waals surface area contributed by atoms with Gasteiger partial charge in [-0.1, -0.05) is 12.1 Å². The van der Waals surface area contributed by atoms with Gasteiger partial charge in [0.1, 0.15) is 5.82 Å². The molecular weight excluding hydrogens is 411 g/mol. The molecule has 22 heavy (non-hydrogen) atoms. The van der Waals surface area contributed by atoms with Crippen molar-refractivity contribution >= 4 is 40.7 Å². The van der Waals surface area contributed by atoms with Gasteiger partial charge in [-0.2, -0.15) is 13.2 Å². The highest BCUT2D eigenvalue weighted by molar-refractivity contribution is 9.10. The Balaban J connectivity index is 0.00000220. The SMILES string of the molecule is Cl.Cl.Fc1c(Br)cccc1[C@H](CC(F)(F)F)N1CCNCC1. The van der Waals surface area contributed by atoms with Crippen LogP contribution < -0.4 is 5.32 Å². The Kier molecular flexibility index (Phi) is 9.24. The van der Waals surface area contributed by atoms with Crippen LogP contribution in [0.15, 0.2) is 22.7 Å². The van der Waals surface area contributed by atoms with E-state index in [1.807, 2.05) is 0 Å². The van der Waals surface area contributed by atoms with E-state index in [1.165, 1.54) is 12.1 Å². The van der Waals surface area contributed by atoms with E-state index in [0.717, 1.165) is 0 Å². The number of benzene rings is 1. The van der Waals surface area contributed by atoms with Crippen LogP contribution in [0.25, 0.3) is 0 Å². The van der Waals surface area contributed by atoms with Crippen LogP contribution in [0.3, 0.4) is 0 Å². The molecule has 0 radical (unpaired) electrons. The quantitative estimate of drug-likeness (QED) is 0.722. The molecule has 1 N–H and O–H groups in total. The summed E-state index contributed by atoms with van der Waals surface area (Å²) in [5, 5.41) is 3.08. The van der Waals surface area contributed by atoms with E-state index >= 15 is 0 Å². The first-order valence-electron chi connectivity index (χ1n) is 6.34. The molecule has 1 aliphatic heterocycles. The highest BCUT2D eigenvalue weighted by atomic mass is 79.9. The molecule has 1 atom stereocenters. The summed E-state index contributed by atoms with van der Waals surface area (Å²) in [7, 11) is 0. The highest BCUT2D eigenvalue weighted by Crippen LogP contribution is 2.36. The van der Waals surface area contributed by atoms with Crippen molar-refractivity contribution in [1.82, 2.24) is 10.2 Å². The third-order valence-electron chi connectivity index (χ3n) is 3.36. The van der Waals surface area contributed by atoms with E-state index in [2.05, 4.69) is 21.2 Å². The second kappa shape index (κ2) is 9.27. The first kappa shape index (κ1) is 21.9. The van der Waals surface area contributed by atoms with Crippen molar-refractivity contribution in [2.45, 2.75) is 18.6 Å². The van der Waals surface area contributed by atoms with Crippen LogP contribution >= 0.6 is 40.7 Å². The Bertz CT molecular complexity index is 468. The topological polar surface area (TPSA) is 15.3 Å². The van der Waals surface area contributed by atoms with Crippen molar-refractivity contribution in [2.75, 3.05) is 26.2 Å². The van der Waals surface area contributed by atoms with Crippen molar-refractivity contribution in [3.05, 3.63) is 34.1 Å². The molecule has 0 unspecified atom stereocenters. The van der Waals surface area contributed by atoms with E-state index in [0.29, 0.717) is 26.2 Å². The molecule has 0 aliphatic carbocycles. The van der Waals surface area contributed by atoms with Gasteiger partial charge in [0, 0.05) is 37.8 Å². The number of alkyl halides is 3. The summed E-state index contributed by atoms with van der Waals surface area (Å²) in [5.41, 5.74) is 0.0959. The molecule has 128 valence electrons. The zero-order chi connectivity index (χ0) is 14.8. The minimum atomic E-state index is -4.33. The molecule has 1 aliphatic rings. The maximum absolute atomic E-state index is 14.1. The molecule has 1 fully saturated rings. The van der Waals surface area contributed by atoms with Crippen molar-refractivity contribution < 1.29 is 17.6 Å². The van der Waals surface area contributed by atoms with E-state index in [-0.39, 0.29) is 34.9 Å². The molecule has 2 nitrogen and oxygen atoms in total. The van der Waals surface area contributed by atoms with Gasteiger partial charge >= 0.3 is 6.18 Å². The van der Waals surface area contributed by atoms with Crippen molar-refractivity contribution in [2.24, 2.45) is 0 Å². The monoisotopic (exact) mass is 426 g/mol. The predicted octanol–water partition coefficient (Wildman–Crippen LogP) is 4.33. The fraction of sp³-hybridized carbons (Fsp3) is 0.538. The minimum absolute atomic E-state index is 0. The molecule has 0 aromatic heterocycles. The zero-order valence-corrected chi connectivity index (χ0v) is 14.7. The summed E-state index contributed by atoms with van der Waals surface area (Å²) in [6.07, 6.45) is -5.37. The van der Waals surface area contributed by atoms with E-state index in [1.54, 1.807) is 11.0 Å². The lowest BCUT2D eigenvalue weighted by atomic mass is 10.00. The summed E-state index contributed by atoms with van der Waals surface area (Å²) >= 11 is 3.03. The second-order valence-electron chi connectivity index (χ2n) is 4.76. The van der Waals surface area contributed by atoms with Crippen LogP contribution in [-0.4, -0.2) is 37.3 Å². The molecule has 1 heterocycles. The van der Waals surface area contributed by atoms with Crippen LogP contribution in [0.5, 0.6) is 0 Å². The molecule has 1 saturated heterocycles. The lowest BCUT2D eigenvalue weighted by molar-refractivity contribution is -0.149. The van der Waals surface area contributed by atoms with Crippen LogP contribution in [0.2, 0.25) is 0 Å². The van der Waals surface area contributed by atoms with Gasteiger partial charge in [-0.3, -0.25) is 4.90 Å². The molecule has 1 aromatic rings. The van der Waals surface area contributed by atoms with Gasteiger partial charge in [0.2, 0.25) is 0 Å². The maximum atomic E-state index is 14.1. The molecule has 1 aromatic carbocycles. The number of hydrogen-bond donors (Lipinski definition) is 1. The van der Waals surface area contributed by atoms with Gasteiger partial charge in [0.15, 0.2) is 0 Å². The molecule has 0 amide bonds. The largest absolute Gasteiger partial charge is 0.390 e. The maximum Gasteiger partial charge on any atom is 0.390 e. The molecule has 0 spiro atoms. The Morgan fingerprint density at radius 2 is 1.77 bits per heavy atom. The van der Waals surface area contributed by atoms with Gasteiger partial charge in [0.05, 0.1) is 10.9 Å². The van der Waals surface area contributed by atoms with Gasteiger partial charge in [-0.05, 0) is 22.0 Å². The number of nitrogens with zero attached hydrogens (tertiary/aromatic N) is 1. The van der Waals surface area contributed by atoms with Crippen molar-refractivity contribution in [1.29, 1.82) is 0 Å². The van der Waals surface area contributed by atoms with Crippen LogP contribution in [-0.2, 0) is 0 Å². The third-order valence-corrected chi connectivity index (χ3v) is 3.97. The number of piperazine rings is 1. The molecule has 0 bridgehead atoms. The fourth-order valence-corrected chi connectivity index (χ4v) is 2.81. The van der Waals surface area contributed by atoms with E-state index in [4.69, 9.17) is 0 Å². The van der Waals surface area contributed by atoms with Gasteiger partial charge in [0.25, 0.3) is 0 Å². The highest BCUT2D eigenvalue weighted by Gasteiger charge is 2.37. The Hall–Kier alpha value is -0.0800. The standard InChI is InChI=1S/C13H15BrF4N2.2ClH/c14-10-3-1-2-9(12(10)15)11(8-13(16,17)18)20-6-4-19-5-7-20;;/h1-3,11,19H,4-8H2;2*1H/t11-;;/m0../s1. The third kappa shape index (κ3) is 5.85. The second-order valence-corrected chi connectivity index (χ2v) is 5.62. The smallest absolute Gasteiger partial charge is 0.314 e. The minimum Gasteiger partial charge on any atom is -0.314 e. The Morgan fingerprint density at radius 1 is 1.18 bits per heavy atom. The van der Waals surface area contributed by atoms with E-state index in [9.17, 15) is 17.6 Å². The summed E-state index contributed by atoms with van der Waals surface area (Å²) in [5.74, 6) is -0.611. The average molecular weight is 428 g/mol. The fourth-order valence-electron chi connectivity index (χ4n) is 2.43. The average Bonchev–Trinajstić information content (AvgIpc) is 2.40. The first-order chi connectivity index (χ1) is 9.38. The van der Waals surface area contributed by atoms with Crippen LogP contribution in [0.4, 0.5) is 17.6 Å². The van der Waals surface area contributed by atoms with Crippen LogP contribution in [0.1, 0.15) is 18.0 Å². The first-order valence-corrected chi connectivity index (χ1v) is 7.13. The Morgan fingerprint density at radius 3 is 2.32 bits per heavy atom. The summed E-state index contributed by atoms with van der Waals surface area (Å²) in [4.78, 5) is 1.69. The lowest BCUT2D eigenvalue weighted by Crippen LogP contribution is -2.46. The van der Waals surface area contributed by atoms with Gasteiger partial charge in [-0.15, -0.1) is 24.8 Å². The van der Waals surface area contributed by atoms with Crippen molar-refractivity contribution in [3.63, 3.8) is 0 Å². The molecular formula is C13H17BrCl2F4N2. The van der Waals surface area contributed by atoms with Crippen molar-refractivity contribution in [3.8, 4) is 0 Å². The predicted molar refractivity (Wildman–Crippen MR) is 86.5 cm³/mol. The zero-order valence-electron chi connectivity index (χ0n) is 11.5. The summed E-state index contributed by atoms with van der Waals surface area (Å²) < 4.78 is 52.7. The van der Waals surface area contributed by atoms with Crippen LogP contribution in [0, 0.1) is 5.82 Å². The normalized spacial score (nSPS) is 17.3.